The van der Waals surface area contributed by atoms with Gasteiger partial charge in [0, 0.05) is 12.6 Å². The van der Waals surface area contributed by atoms with Crippen LogP contribution in [-0.2, 0) is 0 Å². The maximum atomic E-state index is 6.07. The van der Waals surface area contributed by atoms with Crippen LogP contribution in [0.1, 0.15) is 38.5 Å². The molecule has 2 aromatic rings. The van der Waals surface area contributed by atoms with Crippen LogP contribution in [0.2, 0.25) is 5.28 Å². The van der Waals surface area contributed by atoms with Crippen LogP contribution in [0.4, 0.5) is 5.82 Å². The lowest BCUT2D eigenvalue weighted by Crippen LogP contribution is -2.47. The van der Waals surface area contributed by atoms with Gasteiger partial charge in [-0.2, -0.15) is 9.97 Å². The lowest BCUT2D eigenvalue weighted by atomic mass is 9.78. The molecule has 1 N–H and O–H groups in total. The molecule has 2 aromatic heterocycles. The van der Waals surface area contributed by atoms with Gasteiger partial charge < -0.3 is 9.88 Å². The number of aromatic nitrogens is 4. The SMILES string of the molecule is Clc1nc(N2CCC[C@H]3CCCC[C@H]32)c2[nH]cnc2n1. The van der Waals surface area contributed by atoms with Crippen molar-refractivity contribution >= 4 is 28.6 Å². The van der Waals surface area contributed by atoms with Crippen LogP contribution in [0.5, 0.6) is 0 Å². The normalized spacial score (nSPS) is 26.8. The van der Waals surface area contributed by atoms with Crippen molar-refractivity contribution in [3.8, 4) is 0 Å². The van der Waals surface area contributed by atoms with E-state index in [1.54, 1.807) is 6.33 Å². The highest BCUT2D eigenvalue weighted by atomic mass is 35.5. The second-order valence-corrected chi connectivity index (χ2v) is 6.20. The molecule has 4 rings (SSSR count). The van der Waals surface area contributed by atoms with E-state index in [2.05, 4.69) is 24.8 Å². The van der Waals surface area contributed by atoms with Crippen molar-refractivity contribution in [3.05, 3.63) is 11.6 Å². The highest BCUT2D eigenvalue weighted by molar-refractivity contribution is 6.28. The van der Waals surface area contributed by atoms with Crippen LogP contribution in [-0.4, -0.2) is 32.5 Å². The van der Waals surface area contributed by atoms with E-state index in [9.17, 15) is 0 Å². The van der Waals surface area contributed by atoms with Gasteiger partial charge in [0.25, 0.3) is 0 Å². The Kier molecular flexibility index (Phi) is 3.02. The first-order valence-corrected chi connectivity index (χ1v) is 7.84. The number of halogens is 1. The highest BCUT2D eigenvalue weighted by Gasteiger charge is 2.35. The Balaban J connectivity index is 1.79. The van der Waals surface area contributed by atoms with E-state index < -0.39 is 0 Å². The minimum atomic E-state index is 0.289. The molecule has 2 atom stereocenters. The van der Waals surface area contributed by atoms with Gasteiger partial charge >= 0.3 is 0 Å². The van der Waals surface area contributed by atoms with E-state index in [-0.39, 0.29) is 5.28 Å². The number of imidazole rings is 1. The maximum Gasteiger partial charge on any atom is 0.226 e. The molecule has 0 bridgehead atoms. The fraction of sp³-hybridized carbons (Fsp3) is 0.643. The van der Waals surface area contributed by atoms with Gasteiger partial charge in [-0.05, 0) is 43.2 Å². The summed E-state index contributed by atoms with van der Waals surface area (Å²) in [4.78, 5) is 18.5. The van der Waals surface area contributed by atoms with E-state index in [4.69, 9.17) is 11.6 Å². The van der Waals surface area contributed by atoms with Gasteiger partial charge in [0.2, 0.25) is 5.28 Å². The van der Waals surface area contributed by atoms with Crippen LogP contribution >= 0.6 is 11.6 Å². The summed E-state index contributed by atoms with van der Waals surface area (Å²) < 4.78 is 0. The van der Waals surface area contributed by atoms with Crippen molar-refractivity contribution in [1.82, 2.24) is 19.9 Å². The second kappa shape index (κ2) is 4.88. The number of H-pyrrole nitrogens is 1. The molecule has 2 aliphatic rings. The number of hydrogen-bond acceptors (Lipinski definition) is 4. The molecular weight excluding hydrogens is 274 g/mol. The van der Waals surface area contributed by atoms with Crippen molar-refractivity contribution < 1.29 is 0 Å². The minimum Gasteiger partial charge on any atom is -0.351 e. The average molecular weight is 292 g/mol. The molecule has 5 nitrogen and oxygen atoms in total. The van der Waals surface area contributed by atoms with Gasteiger partial charge in [0.05, 0.1) is 6.33 Å². The van der Waals surface area contributed by atoms with Gasteiger partial charge in [-0.3, -0.25) is 0 Å². The van der Waals surface area contributed by atoms with Crippen LogP contribution in [0.15, 0.2) is 6.33 Å². The molecule has 1 aliphatic carbocycles. The van der Waals surface area contributed by atoms with E-state index in [1.165, 1.54) is 38.5 Å². The molecule has 1 saturated carbocycles. The fourth-order valence-corrected chi connectivity index (χ4v) is 4.05. The number of fused-ring (bicyclic) bond motifs is 2. The third-order valence-electron chi connectivity index (χ3n) is 4.75. The summed E-state index contributed by atoms with van der Waals surface area (Å²) in [6.45, 7) is 1.06. The molecule has 1 aliphatic heterocycles. The Morgan fingerprint density at radius 2 is 2.00 bits per heavy atom. The number of nitrogens with zero attached hydrogens (tertiary/aromatic N) is 4. The molecule has 2 fully saturated rings. The van der Waals surface area contributed by atoms with Gasteiger partial charge in [-0.15, -0.1) is 0 Å². The summed E-state index contributed by atoms with van der Waals surface area (Å²) in [7, 11) is 0. The first-order chi connectivity index (χ1) is 9.83. The standard InChI is InChI=1S/C14H18ClN5/c15-14-18-12-11(16-8-17-12)13(19-14)20-7-3-5-9-4-1-2-6-10(9)20/h8-10H,1-7H2,(H,16,17,18,19)/t9-,10-/m1/s1. The Labute approximate surface area is 122 Å². The van der Waals surface area contributed by atoms with E-state index in [0.29, 0.717) is 11.7 Å². The minimum absolute atomic E-state index is 0.289. The number of nitrogens with one attached hydrogen (secondary N) is 1. The lowest BCUT2D eigenvalue weighted by molar-refractivity contribution is 0.243. The monoisotopic (exact) mass is 291 g/mol. The van der Waals surface area contributed by atoms with Crippen molar-refractivity contribution in [2.45, 2.75) is 44.6 Å². The van der Waals surface area contributed by atoms with E-state index in [1.807, 2.05) is 0 Å². The molecule has 3 heterocycles. The zero-order valence-corrected chi connectivity index (χ0v) is 12.1. The Hall–Kier alpha value is -1.36. The molecule has 0 radical (unpaired) electrons. The summed E-state index contributed by atoms with van der Waals surface area (Å²) in [6.07, 6.45) is 9.57. The maximum absolute atomic E-state index is 6.07. The van der Waals surface area contributed by atoms with Crippen LogP contribution < -0.4 is 4.90 Å². The Bertz CT molecular complexity index is 623. The van der Waals surface area contributed by atoms with Gasteiger partial charge in [0.15, 0.2) is 11.5 Å². The Morgan fingerprint density at radius 1 is 1.15 bits per heavy atom. The average Bonchev–Trinajstić information content (AvgIpc) is 2.94. The van der Waals surface area contributed by atoms with Gasteiger partial charge in [0.1, 0.15) is 5.52 Å². The van der Waals surface area contributed by atoms with E-state index in [0.717, 1.165) is 23.8 Å². The fourth-order valence-electron chi connectivity index (χ4n) is 3.89. The molecule has 20 heavy (non-hydrogen) atoms. The molecule has 6 heteroatoms. The predicted octanol–water partition coefficient (Wildman–Crippen LogP) is 3.17. The molecule has 0 unspecified atom stereocenters. The molecule has 0 aromatic carbocycles. The quantitative estimate of drug-likeness (QED) is 0.820. The second-order valence-electron chi connectivity index (χ2n) is 5.86. The number of piperidine rings is 1. The summed E-state index contributed by atoms with van der Waals surface area (Å²) >= 11 is 6.07. The zero-order valence-electron chi connectivity index (χ0n) is 11.3. The largest absolute Gasteiger partial charge is 0.351 e. The van der Waals surface area contributed by atoms with Crippen molar-refractivity contribution in [2.24, 2.45) is 5.92 Å². The van der Waals surface area contributed by atoms with Gasteiger partial charge in [-0.25, -0.2) is 4.98 Å². The number of hydrogen-bond donors (Lipinski definition) is 1. The number of aromatic amines is 1. The van der Waals surface area contributed by atoms with Crippen molar-refractivity contribution in [1.29, 1.82) is 0 Å². The third kappa shape index (κ3) is 1.95. The molecular formula is C14H18ClN5. The van der Waals surface area contributed by atoms with Crippen LogP contribution in [0.3, 0.4) is 0 Å². The summed E-state index contributed by atoms with van der Waals surface area (Å²) in [5, 5.41) is 0.289. The molecule has 106 valence electrons. The van der Waals surface area contributed by atoms with E-state index >= 15 is 0 Å². The summed E-state index contributed by atoms with van der Waals surface area (Å²) in [5.74, 6) is 1.75. The molecule has 0 spiro atoms. The third-order valence-corrected chi connectivity index (χ3v) is 4.92. The Morgan fingerprint density at radius 3 is 2.95 bits per heavy atom. The smallest absolute Gasteiger partial charge is 0.226 e. The molecule has 1 saturated heterocycles. The van der Waals surface area contributed by atoms with Crippen molar-refractivity contribution in [2.75, 3.05) is 11.4 Å². The zero-order chi connectivity index (χ0) is 13.5. The lowest BCUT2D eigenvalue weighted by Gasteiger charge is -2.44. The van der Waals surface area contributed by atoms with Crippen LogP contribution in [0, 0.1) is 5.92 Å². The van der Waals surface area contributed by atoms with Gasteiger partial charge in [-0.1, -0.05) is 12.8 Å². The highest BCUT2D eigenvalue weighted by Crippen LogP contribution is 2.38. The number of anilines is 1. The van der Waals surface area contributed by atoms with Crippen molar-refractivity contribution in [3.63, 3.8) is 0 Å². The topological polar surface area (TPSA) is 57.7 Å². The first kappa shape index (κ1) is 12.4. The first-order valence-electron chi connectivity index (χ1n) is 7.46. The summed E-state index contributed by atoms with van der Waals surface area (Å²) in [5.41, 5.74) is 1.58. The van der Waals surface area contributed by atoms with Crippen LogP contribution in [0.25, 0.3) is 11.2 Å². The number of rotatable bonds is 1. The predicted molar refractivity (Wildman–Crippen MR) is 79.0 cm³/mol. The summed E-state index contributed by atoms with van der Waals surface area (Å²) in [6, 6.07) is 0.606. The molecule has 0 amide bonds.